The second-order valence-electron chi connectivity index (χ2n) is 7.54. The minimum atomic E-state index is -0.243. The second-order valence-corrected chi connectivity index (χ2v) is 7.98. The van der Waals surface area contributed by atoms with Crippen molar-refractivity contribution in [3.63, 3.8) is 0 Å². The minimum Gasteiger partial charge on any atom is -0.497 e. The van der Waals surface area contributed by atoms with Gasteiger partial charge in [-0.15, -0.1) is 0 Å². The molecule has 1 aliphatic heterocycles. The number of carbonyl (C=O) groups is 1. The van der Waals surface area contributed by atoms with Gasteiger partial charge in [-0.25, -0.2) is 14.3 Å². The topological polar surface area (TPSA) is 91.7 Å². The van der Waals surface area contributed by atoms with Gasteiger partial charge < -0.3 is 15.0 Å². The van der Waals surface area contributed by atoms with Gasteiger partial charge in [-0.05, 0) is 60.5 Å². The lowest BCUT2D eigenvalue weighted by Crippen LogP contribution is -2.41. The first-order chi connectivity index (χ1) is 15.5. The van der Waals surface area contributed by atoms with Crippen molar-refractivity contribution < 1.29 is 9.53 Å². The number of rotatable bonds is 3. The van der Waals surface area contributed by atoms with Gasteiger partial charge in [0.25, 0.3) is 5.56 Å². The molecule has 0 radical (unpaired) electrons. The minimum absolute atomic E-state index is 0.137. The summed E-state index contributed by atoms with van der Waals surface area (Å²) in [5, 5.41) is 6.59. The zero-order chi connectivity index (χ0) is 22.2. The number of H-pyrrole nitrogens is 1. The van der Waals surface area contributed by atoms with Crippen molar-refractivity contribution in [2.45, 2.75) is 13.0 Å². The Hall–Kier alpha value is -3.78. The molecule has 9 heteroatoms. The molecule has 5 rings (SSSR count). The zero-order valence-electron chi connectivity index (χ0n) is 17.3. The predicted molar refractivity (Wildman–Crippen MR) is 122 cm³/mol. The van der Waals surface area contributed by atoms with Crippen LogP contribution in [0.3, 0.4) is 0 Å². The van der Waals surface area contributed by atoms with Crippen LogP contribution in [0.2, 0.25) is 5.02 Å². The van der Waals surface area contributed by atoms with Crippen LogP contribution in [0, 0.1) is 0 Å². The highest BCUT2D eigenvalue weighted by molar-refractivity contribution is 6.30. The highest BCUT2D eigenvalue weighted by atomic mass is 35.5. The van der Waals surface area contributed by atoms with Crippen LogP contribution in [0.1, 0.15) is 11.3 Å². The third-order valence-electron chi connectivity index (χ3n) is 5.55. The third kappa shape index (κ3) is 3.69. The SMILES string of the molecule is COc1ccc(-c2cc3nc4c(c(=O)n3[nH]2)CCN(C(=O)Nc2ccc(Cl)cc2)C4)cc1. The predicted octanol–water partition coefficient (Wildman–Crippen LogP) is 3.94. The molecule has 8 nitrogen and oxygen atoms in total. The van der Waals surface area contributed by atoms with E-state index in [1.54, 1.807) is 36.3 Å². The maximum Gasteiger partial charge on any atom is 0.322 e. The zero-order valence-corrected chi connectivity index (χ0v) is 18.0. The van der Waals surface area contributed by atoms with Crippen LogP contribution >= 0.6 is 11.6 Å². The molecule has 162 valence electrons. The molecule has 0 aliphatic carbocycles. The fourth-order valence-corrected chi connectivity index (χ4v) is 3.95. The Morgan fingerprint density at radius 2 is 1.91 bits per heavy atom. The fraction of sp³-hybridized carbons (Fsp3) is 0.174. The number of hydrogen-bond acceptors (Lipinski definition) is 4. The van der Waals surface area contributed by atoms with E-state index in [9.17, 15) is 9.59 Å². The van der Waals surface area contributed by atoms with Crippen LogP contribution in [0.25, 0.3) is 16.9 Å². The Kier molecular flexibility index (Phi) is 5.07. The Labute approximate surface area is 188 Å². The van der Waals surface area contributed by atoms with Gasteiger partial charge in [-0.2, -0.15) is 0 Å². The number of halogens is 1. The van der Waals surface area contributed by atoms with Crippen LogP contribution in [0.5, 0.6) is 5.75 Å². The first-order valence-corrected chi connectivity index (χ1v) is 10.5. The molecule has 4 aromatic rings. The number of anilines is 1. The van der Waals surface area contributed by atoms with Crippen molar-refractivity contribution in [3.05, 3.63) is 81.2 Å². The van der Waals surface area contributed by atoms with Crippen LogP contribution in [0.15, 0.2) is 59.4 Å². The summed E-state index contributed by atoms with van der Waals surface area (Å²) in [7, 11) is 1.62. The number of benzene rings is 2. The van der Waals surface area contributed by atoms with Crippen molar-refractivity contribution in [3.8, 4) is 17.0 Å². The molecule has 2 aromatic carbocycles. The van der Waals surface area contributed by atoms with E-state index >= 15 is 0 Å². The van der Waals surface area contributed by atoms with E-state index in [-0.39, 0.29) is 18.1 Å². The van der Waals surface area contributed by atoms with Crippen molar-refractivity contribution in [1.82, 2.24) is 19.5 Å². The molecule has 0 unspecified atom stereocenters. The average molecular weight is 450 g/mol. The Morgan fingerprint density at radius 3 is 2.62 bits per heavy atom. The molecular weight excluding hydrogens is 430 g/mol. The monoisotopic (exact) mass is 449 g/mol. The van der Waals surface area contributed by atoms with E-state index in [1.807, 2.05) is 30.3 Å². The maximum atomic E-state index is 13.1. The summed E-state index contributed by atoms with van der Waals surface area (Å²) in [6, 6.07) is 16.1. The van der Waals surface area contributed by atoms with E-state index < -0.39 is 0 Å². The average Bonchev–Trinajstić information content (AvgIpc) is 3.25. The molecule has 0 saturated heterocycles. The van der Waals surface area contributed by atoms with Crippen LogP contribution in [0.4, 0.5) is 10.5 Å². The molecule has 0 saturated carbocycles. The molecule has 0 spiro atoms. The lowest BCUT2D eigenvalue weighted by molar-refractivity contribution is 0.205. The molecule has 3 heterocycles. The summed E-state index contributed by atoms with van der Waals surface area (Å²) in [5.41, 5.74) is 3.97. The standard InChI is InChI=1S/C23H20ClN5O3/c1-32-17-8-2-14(3-9-17)19-12-21-26-20-13-28(11-10-18(20)22(30)29(21)27-19)23(31)25-16-6-4-15(24)5-7-16/h2-9,12,27H,10-11,13H2,1H3,(H,25,31). The number of carbonyl (C=O) groups excluding carboxylic acids is 1. The number of methoxy groups -OCH3 is 1. The normalized spacial score (nSPS) is 13.1. The molecule has 2 aromatic heterocycles. The Morgan fingerprint density at radius 1 is 1.16 bits per heavy atom. The van der Waals surface area contributed by atoms with E-state index in [4.69, 9.17) is 16.3 Å². The number of nitrogens with one attached hydrogen (secondary N) is 2. The fourth-order valence-electron chi connectivity index (χ4n) is 3.82. The maximum absolute atomic E-state index is 13.1. The van der Waals surface area contributed by atoms with Gasteiger partial charge in [-0.1, -0.05) is 11.6 Å². The van der Waals surface area contributed by atoms with Gasteiger partial charge in [0.1, 0.15) is 5.75 Å². The lowest BCUT2D eigenvalue weighted by Gasteiger charge is -2.27. The smallest absolute Gasteiger partial charge is 0.322 e. The molecular formula is C23H20ClN5O3. The number of fused-ring (bicyclic) bond motifs is 2. The van der Waals surface area contributed by atoms with Gasteiger partial charge in [-0.3, -0.25) is 9.89 Å². The van der Waals surface area contributed by atoms with Crippen molar-refractivity contribution >= 4 is 29.0 Å². The molecule has 1 aliphatic rings. The van der Waals surface area contributed by atoms with Gasteiger partial charge in [0.05, 0.1) is 25.0 Å². The number of amides is 2. The van der Waals surface area contributed by atoms with Gasteiger partial charge in [0, 0.05) is 28.9 Å². The van der Waals surface area contributed by atoms with Crippen LogP contribution in [-0.2, 0) is 13.0 Å². The van der Waals surface area contributed by atoms with Gasteiger partial charge in [0.2, 0.25) is 0 Å². The van der Waals surface area contributed by atoms with Crippen molar-refractivity contribution in [2.75, 3.05) is 19.0 Å². The number of nitrogens with zero attached hydrogens (tertiary/aromatic N) is 3. The number of urea groups is 1. The number of aromatic nitrogens is 3. The molecule has 0 bridgehead atoms. The third-order valence-corrected chi connectivity index (χ3v) is 5.80. The van der Waals surface area contributed by atoms with Crippen molar-refractivity contribution in [2.24, 2.45) is 0 Å². The molecule has 2 amide bonds. The van der Waals surface area contributed by atoms with E-state index in [0.29, 0.717) is 40.6 Å². The summed E-state index contributed by atoms with van der Waals surface area (Å²) >= 11 is 5.90. The van der Waals surface area contributed by atoms with E-state index in [2.05, 4.69) is 15.4 Å². The summed E-state index contributed by atoms with van der Waals surface area (Å²) in [6.07, 6.45) is 0.440. The summed E-state index contributed by atoms with van der Waals surface area (Å²) in [6.45, 7) is 0.699. The lowest BCUT2D eigenvalue weighted by atomic mass is 10.1. The first-order valence-electron chi connectivity index (χ1n) is 10.1. The quantitative estimate of drug-likeness (QED) is 0.495. The van der Waals surface area contributed by atoms with Gasteiger partial charge in [0.15, 0.2) is 5.65 Å². The highest BCUT2D eigenvalue weighted by Crippen LogP contribution is 2.23. The Bertz CT molecular complexity index is 1360. The molecule has 0 fully saturated rings. The first kappa shape index (κ1) is 20.1. The van der Waals surface area contributed by atoms with Gasteiger partial charge >= 0.3 is 6.03 Å². The summed E-state index contributed by atoms with van der Waals surface area (Å²) in [4.78, 5) is 32.1. The highest BCUT2D eigenvalue weighted by Gasteiger charge is 2.25. The Balaban J connectivity index is 1.41. The second kappa shape index (κ2) is 8.05. The molecule has 32 heavy (non-hydrogen) atoms. The molecule has 0 atom stereocenters. The van der Waals surface area contributed by atoms with Crippen LogP contribution < -0.4 is 15.6 Å². The van der Waals surface area contributed by atoms with Crippen LogP contribution in [-0.4, -0.2) is 39.2 Å². The summed E-state index contributed by atoms with van der Waals surface area (Å²) in [5.74, 6) is 0.757. The van der Waals surface area contributed by atoms with E-state index in [1.165, 1.54) is 4.52 Å². The number of ether oxygens (including phenoxy) is 1. The number of hydrogen-bond donors (Lipinski definition) is 2. The summed E-state index contributed by atoms with van der Waals surface area (Å²) < 4.78 is 6.66. The molecule has 2 N–H and O–H groups in total. The van der Waals surface area contributed by atoms with Crippen molar-refractivity contribution in [1.29, 1.82) is 0 Å². The van der Waals surface area contributed by atoms with E-state index in [0.717, 1.165) is 17.0 Å². The number of aromatic amines is 1. The largest absolute Gasteiger partial charge is 0.497 e.